The van der Waals surface area contributed by atoms with Gasteiger partial charge < -0.3 is 15.1 Å². The molecule has 0 aromatic carbocycles. The quantitative estimate of drug-likeness (QED) is 0.588. The molecule has 1 aliphatic rings. The van der Waals surface area contributed by atoms with Gasteiger partial charge in [-0.3, -0.25) is 0 Å². The van der Waals surface area contributed by atoms with E-state index in [1.165, 1.54) is 84.2 Å². The van der Waals surface area contributed by atoms with Crippen LogP contribution >= 0.6 is 0 Å². The third-order valence-corrected chi connectivity index (χ3v) is 4.47. The largest absolute Gasteiger partial charge is 0.314 e. The highest BCUT2D eigenvalue weighted by atomic mass is 15.2. The summed E-state index contributed by atoms with van der Waals surface area (Å²) in [7, 11) is 2.23. The monoisotopic (exact) mass is 283 g/mol. The van der Waals surface area contributed by atoms with Gasteiger partial charge in [0.2, 0.25) is 0 Å². The minimum Gasteiger partial charge on any atom is -0.314 e. The highest BCUT2D eigenvalue weighted by molar-refractivity contribution is 4.71. The standard InChI is InChI=1S/C17H37N3/c1-4-6-7-10-17(9-5-2)18-11-8-12-20-15-13-19(3)14-16-20/h17-18H,4-16H2,1-3H3. The summed E-state index contributed by atoms with van der Waals surface area (Å²) in [5, 5.41) is 3.79. The molecule has 0 spiro atoms. The first kappa shape index (κ1) is 17.9. The predicted octanol–water partition coefficient (Wildman–Crippen LogP) is 2.96. The van der Waals surface area contributed by atoms with Crippen LogP contribution in [0.5, 0.6) is 0 Å². The van der Waals surface area contributed by atoms with Crippen LogP contribution in [0.1, 0.15) is 58.8 Å². The van der Waals surface area contributed by atoms with E-state index in [0.717, 1.165) is 6.04 Å². The molecule has 1 unspecified atom stereocenters. The van der Waals surface area contributed by atoms with Crippen molar-refractivity contribution in [2.24, 2.45) is 0 Å². The molecular formula is C17H37N3. The lowest BCUT2D eigenvalue weighted by atomic mass is 10.0. The third kappa shape index (κ3) is 8.23. The summed E-state index contributed by atoms with van der Waals surface area (Å²) in [6.07, 6.45) is 9.45. The van der Waals surface area contributed by atoms with Gasteiger partial charge in [-0.05, 0) is 39.4 Å². The van der Waals surface area contributed by atoms with Gasteiger partial charge in [-0.2, -0.15) is 0 Å². The molecule has 1 N–H and O–H groups in total. The van der Waals surface area contributed by atoms with Crippen LogP contribution in [0, 0.1) is 0 Å². The minimum absolute atomic E-state index is 0.763. The zero-order chi connectivity index (χ0) is 14.6. The van der Waals surface area contributed by atoms with Crippen molar-refractivity contribution in [3.63, 3.8) is 0 Å². The Morgan fingerprint density at radius 2 is 1.65 bits per heavy atom. The molecule has 20 heavy (non-hydrogen) atoms. The van der Waals surface area contributed by atoms with E-state index >= 15 is 0 Å². The molecule has 1 saturated heterocycles. The van der Waals surface area contributed by atoms with Crippen LogP contribution < -0.4 is 5.32 Å². The van der Waals surface area contributed by atoms with E-state index in [1.54, 1.807) is 0 Å². The second kappa shape index (κ2) is 11.5. The molecule has 0 bridgehead atoms. The van der Waals surface area contributed by atoms with Gasteiger partial charge in [0.1, 0.15) is 0 Å². The van der Waals surface area contributed by atoms with Gasteiger partial charge in [-0.1, -0.05) is 39.5 Å². The lowest BCUT2D eigenvalue weighted by molar-refractivity contribution is 0.152. The average Bonchev–Trinajstić information content (AvgIpc) is 2.45. The third-order valence-electron chi connectivity index (χ3n) is 4.47. The number of rotatable bonds is 11. The minimum atomic E-state index is 0.763. The summed E-state index contributed by atoms with van der Waals surface area (Å²) in [6.45, 7) is 12.1. The smallest absolute Gasteiger partial charge is 0.0110 e. The van der Waals surface area contributed by atoms with E-state index in [0.29, 0.717) is 0 Å². The number of unbranched alkanes of at least 4 members (excludes halogenated alkanes) is 2. The SMILES string of the molecule is CCCCCC(CCC)NCCCN1CCN(C)CC1. The number of nitrogens with one attached hydrogen (secondary N) is 1. The molecule has 1 aliphatic heterocycles. The zero-order valence-corrected chi connectivity index (χ0v) is 14.2. The van der Waals surface area contributed by atoms with Crippen molar-refractivity contribution in [2.45, 2.75) is 64.8 Å². The van der Waals surface area contributed by atoms with Gasteiger partial charge >= 0.3 is 0 Å². The van der Waals surface area contributed by atoms with Crippen molar-refractivity contribution in [1.82, 2.24) is 15.1 Å². The van der Waals surface area contributed by atoms with E-state index in [1.807, 2.05) is 0 Å². The van der Waals surface area contributed by atoms with Crippen molar-refractivity contribution < 1.29 is 0 Å². The molecule has 0 radical (unpaired) electrons. The van der Waals surface area contributed by atoms with Crippen molar-refractivity contribution in [1.29, 1.82) is 0 Å². The van der Waals surface area contributed by atoms with Crippen molar-refractivity contribution in [3.05, 3.63) is 0 Å². The molecule has 120 valence electrons. The van der Waals surface area contributed by atoms with Crippen molar-refractivity contribution in [3.8, 4) is 0 Å². The summed E-state index contributed by atoms with van der Waals surface area (Å²) >= 11 is 0. The van der Waals surface area contributed by atoms with Crippen LogP contribution in [0.15, 0.2) is 0 Å². The first-order chi connectivity index (χ1) is 9.76. The molecule has 1 rings (SSSR count). The molecule has 0 saturated carbocycles. The molecule has 1 atom stereocenters. The van der Waals surface area contributed by atoms with Crippen LogP contribution in [-0.4, -0.2) is 62.2 Å². The molecule has 0 amide bonds. The molecule has 0 aliphatic carbocycles. The molecule has 1 fully saturated rings. The topological polar surface area (TPSA) is 18.5 Å². The van der Waals surface area contributed by atoms with Crippen LogP contribution in [0.3, 0.4) is 0 Å². The summed E-state index contributed by atoms with van der Waals surface area (Å²) in [5.74, 6) is 0. The Labute approximate surface area is 127 Å². The zero-order valence-electron chi connectivity index (χ0n) is 14.2. The van der Waals surface area contributed by atoms with Gasteiger partial charge in [-0.25, -0.2) is 0 Å². The summed E-state index contributed by atoms with van der Waals surface area (Å²) in [6, 6.07) is 0.763. The molecular weight excluding hydrogens is 246 g/mol. The Hall–Kier alpha value is -0.120. The molecule has 3 nitrogen and oxygen atoms in total. The maximum Gasteiger partial charge on any atom is 0.0110 e. The van der Waals surface area contributed by atoms with Crippen molar-refractivity contribution >= 4 is 0 Å². The predicted molar refractivity (Wildman–Crippen MR) is 89.4 cm³/mol. The molecule has 3 heteroatoms. The number of nitrogens with zero attached hydrogens (tertiary/aromatic N) is 2. The fraction of sp³-hybridized carbons (Fsp3) is 1.00. The Balaban J connectivity index is 2.04. The van der Waals surface area contributed by atoms with Crippen molar-refractivity contribution in [2.75, 3.05) is 46.3 Å². The second-order valence-corrected chi connectivity index (χ2v) is 6.43. The number of hydrogen-bond donors (Lipinski definition) is 1. The van der Waals surface area contributed by atoms with Crippen LogP contribution in [-0.2, 0) is 0 Å². The van der Waals surface area contributed by atoms with E-state index in [-0.39, 0.29) is 0 Å². The van der Waals surface area contributed by atoms with E-state index in [2.05, 4.69) is 36.0 Å². The van der Waals surface area contributed by atoms with Gasteiger partial charge in [0, 0.05) is 32.2 Å². The van der Waals surface area contributed by atoms with E-state index in [9.17, 15) is 0 Å². The fourth-order valence-electron chi connectivity index (χ4n) is 3.02. The Kier molecular flexibility index (Phi) is 10.3. The summed E-state index contributed by atoms with van der Waals surface area (Å²) in [4.78, 5) is 5.05. The Bertz CT molecular complexity index is 212. The summed E-state index contributed by atoms with van der Waals surface area (Å²) < 4.78 is 0. The lowest BCUT2D eigenvalue weighted by Gasteiger charge is -2.32. The number of likely N-dealkylation sites (N-methyl/N-ethyl adjacent to an activating group) is 1. The number of piperazine rings is 1. The fourth-order valence-corrected chi connectivity index (χ4v) is 3.02. The first-order valence-corrected chi connectivity index (χ1v) is 8.90. The Morgan fingerprint density at radius 1 is 0.900 bits per heavy atom. The van der Waals surface area contributed by atoms with Crippen LogP contribution in [0.25, 0.3) is 0 Å². The maximum absolute atomic E-state index is 3.79. The van der Waals surface area contributed by atoms with Crippen LogP contribution in [0.4, 0.5) is 0 Å². The van der Waals surface area contributed by atoms with E-state index < -0.39 is 0 Å². The molecule has 1 heterocycles. The van der Waals surface area contributed by atoms with Gasteiger partial charge in [0.05, 0.1) is 0 Å². The normalized spacial score (nSPS) is 19.4. The second-order valence-electron chi connectivity index (χ2n) is 6.43. The highest BCUT2D eigenvalue weighted by Gasteiger charge is 2.13. The molecule has 0 aromatic rings. The van der Waals surface area contributed by atoms with Crippen LogP contribution in [0.2, 0.25) is 0 Å². The number of hydrogen-bond acceptors (Lipinski definition) is 3. The lowest BCUT2D eigenvalue weighted by Crippen LogP contribution is -2.45. The average molecular weight is 284 g/mol. The van der Waals surface area contributed by atoms with Gasteiger partial charge in [0.15, 0.2) is 0 Å². The Morgan fingerprint density at radius 3 is 2.30 bits per heavy atom. The van der Waals surface area contributed by atoms with Gasteiger partial charge in [0.25, 0.3) is 0 Å². The summed E-state index contributed by atoms with van der Waals surface area (Å²) in [5.41, 5.74) is 0. The maximum atomic E-state index is 3.79. The van der Waals surface area contributed by atoms with Gasteiger partial charge in [-0.15, -0.1) is 0 Å². The molecule has 0 aromatic heterocycles. The highest BCUT2D eigenvalue weighted by Crippen LogP contribution is 2.08. The van der Waals surface area contributed by atoms with E-state index in [4.69, 9.17) is 0 Å². The first-order valence-electron chi connectivity index (χ1n) is 8.90.